The van der Waals surface area contributed by atoms with Gasteiger partial charge in [-0.3, -0.25) is 4.90 Å². The predicted octanol–water partition coefficient (Wildman–Crippen LogP) is 2.42. The van der Waals surface area contributed by atoms with Crippen molar-refractivity contribution in [3.8, 4) is 0 Å². The van der Waals surface area contributed by atoms with E-state index in [1.165, 1.54) is 6.42 Å². The minimum absolute atomic E-state index is 0.173. The van der Waals surface area contributed by atoms with Gasteiger partial charge in [0.15, 0.2) is 0 Å². The zero-order chi connectivity index (χ0) is 13.4. The lowest BCUT2D eigenvalue weighted by Crippen LogP contribution is -2.49. The van der Waals surface area contributed by atoms with Crippen molar-refractivity contribution in [2.45, 2.75) is 26.7 Å². The van der Waals surface area contributed by atoms with Crippen molar-refractivity contribution in [2.24, 2.45) is 5.92 Å². The van der Waals surface area contributed by atoms with E-state index in [1.807, 2.05) is 6.92 Å². The number of carbonyl (C=O) groups excluding carboxylic acids is 1. The molecule has 0 spiro atoms. The lowest BCUT2D eigenvalue weighted by atomic mass is 10.0. The molecule has 1 atom stereocenters. The Bertz CT molecular complexity index is 243. The molecular weight excluding hydrogens is 252 g/mol. The van der Waals surface area contributed by atoms with Crippen LogP contribution in [0.15, 0.2) is 0 Å². The lowest BCUT2D eigenvalue weighted by Gasteiger charge is -2.34. The maximum Gasteiger partial charge on any atom is 0.409 e. The van der Waals surface area contributed by atoms with Gasteiger partial charge < -0.3 is 9.64 Å². The first-order valence-electron chi connectivity index (χ1n) is 6.87. The molecule has 18 heavy (non-hydrogen) atoms. The van der Waals surface area contributed by atoms with Gasteiger partial charge in [0.1, 0.15) is 0 Å². The Morgan fingerprint density at radius 2 is 1.94 bits per heavy atom. The van der Waals surface area contributed by atoms with E-state index in [1.54, 1.807) is 4.90 Å². The van der Waals surface area contributed by atoms with Crippen LogP contribution in [0.1, 0.15) is 26.7 Å². The number of ether oxygens (including phenoxy) is 1. The Hall–Kier alpha value is -0.480. The zero-order valence-corrected chi connectivity index (χ0v) is 12.3. The summed E-state index contributed by atoms with van der Waals surface area (Å²) in [6, 6.07) is 0. The molecule has 0 radical (unpaired) electrons. The second-order valence-corrected chi connectivity index (χ2v) is 5.28. The maximum atomic E-state index is 11.5. The van der Waals surface area contributed by atoms with Crippen LogP contribution in [-0.4, -0.2) is 61.1 Å². The van der Waals surface area contributed by atoms with Crippen LogP contribution in [-0.2, 0) is 4.74 Å². The largest absolute Gasteiger partial charge is 0.450 e. The Morgan fingerprint density at radius 3 is 2.50 bits per heavy atom. The van der Waals surface area contributed by atoms with Crippen LogP contribution in [0.5, 0.6) is 0 Å². The Kier molecular flexibility index (Phi) is 7.44. The Morgan fingerprint density at radius 1 is 1.28 bits per heavy atom. The van der Waals surface area contributed by atoms with E-state index in [2.05, 4.69) is 11.8 Å². The Balaban J connectivity index is 2.17. The minimum atomic E-state index is -0.173. The third kappa shape index (κ3) is 5.44. The summed E-state index contributed by atoms with van der Waals surface area (Å²) in [5.41, 5.74) is 0. The van der Waals surface area contributed by atoms with Crippen LogP contribution in [0.4, 0.5) is 4.79 Å². The molecule has 1 heterocycles. The van der Waals surface area contributed by atoms with Crippen molar-refractivity contribution in [3.63, 3.8) is 0 Å². The standard InChI is InChI=1S/C13H25ClN2O2/c1-3-18-13(17)16-10-8-15(9-11-16)7-5-12(2)4-6-14/h12H,3-11H2,1-2H3. The molecule has 4 nitrogen and oxygen atoms in total. The summed E-state index contributed by atoms with van der Waals surface area (Å²) < 4.78 is 5.00. The normalized spacial score (nSPS) is 18.7. The van der Waals surface area contributed by atoms with Gasteiger partial charge in [-0.25, -0.2) is 4.79 Å². The van der Waals surface area contributed by atoms with Gasteiger partial charge in [0.25, 0.3) is 0 Å². The van der Waals surface area contributed by atoms with E-state index < -0.39 is 0 Å². The molecule has 1 fully saturated rings. The fraction of sp³-hybridized carbons (Fsp3) is 0.923. The van der Waals surface area contributed by atoms with Gasteiger partial charge in [0, 0.05) is 32.1 Å². The molecule has 106 valence electrons. The summed E-state index contributed by atoms with van der Waals surface area (Å²) in [4.78, 5) is 15.7. The highest BCUT2D eigenvalue weighted by Crippen LogP contribution is 2.11. The summed E-state index contributed by atoms with van der Waals surface area (Å²) in [6.45, 7) is 9.11. The van der Waals surface area contributed by atoms with Crippen molar-refractivity contribution in [3.05, 3.63) is 0 Å². The Labute approximate surface area is 115 Å². The quantitative estimate of drug-likeness (QED) is 0.699. The first kappa shape index (κ1) is 15.6. The molecule has 0 N–H and O–H groups in total. The summed E-state index contributed by atoms with van der Waals surface area (Å²) in [6.07, 6.45) is 2.10. The molecule has 0 aromatic heterocycles. The van der Waals surface area contributed by atoms with Crippen LogP contribution in [0.2, 0.25) is 0 Å². The first-order chi connectivity index (χ1) is 8.67. The molecule has 0 aromatic carbocycles. The molecule has 0 saturated carbocycles. The van der Waals surface area contributed by atoms with E-state index in [0.717, 1.165) is 45.0 Å². The topological polar surface area (TPSA) is 32.8 Å². The highest BCUT2D eigenvalue weighted by atomic mass is 35.5. The number of carbonyl (C=O) groups is 1. The van der Waals surface area contributed by atoms with Crippen LogP contribution in [0.3, 0.4) is 0 Å². The van der Waals surface area contributed by atoms with Crippen molar-refractivity contribution in [1.29, 1.82) is 0 Å². The fourth-order valence-corrected chi connectivity index (χ4v) is 2.47. The van der Waals surface area contributed by atoms with Gasteiger partial charge in [-0.15, -0.1) is 11.6 Å². The zero-order valence-electron chi connectivity index (χ0n) is 11.5. The number of hydrogen-bond donors (Lipinski definition) is 0. The van der Waals surface area contributed by atoms with Crippen molar-refractivity contribution < 1.29 is 9.53 Å². The van der Waals surface area contributed by atoms with E-state index in [4.69, 9.17) is 16.3 Å². The molecule has 0 aromatic rings. The summed E-state index contributed by atoms with van der Waals surface area (Å²) >= 11 is 5.73. The number of hydrogen-bond acceptors (Lipinski definition) is 3. The van der Waals surface area contributed by atoms with E-state index >= 15 is 0 Å². The number of amides is 1. The number of piperazine rings is 1. The number of rotatable bonds is 6. The smallest absolute Gasteiger partial charge is 0.409 e. The monoisotopic (exact) mass is 276 g/mol. The third-order valence-electron chi connectivity index (χ3n) is 3.44. The second-order valence-electron chi connectivity index (χ2n) is 4.90. The van der Waals surface area contributed by atoms with Crippen molar-refractivity contribution in [2.75, 3.05) is 45.2 Å². The van der Waals surface area contributed by atoms with Crippen LogP contribution < -0.4 is 0 Å². The number of nitrogens with zero attached hydrogens (tertiary/aromatic N) is 2. The van der Waals surface area contributed by atoms with Gasteiger partial charge in [-0.05, 0) is 32.2 Å². The first-order valence-corrected chi connectivity index (χ1v) is 7.40. The summed E-state index contributed by atoms with van der Waals surface area (Å²) in [5, 5.41) is 0. The molecule has 0 aliphatic carbocycles. The average molecular weight is 277 g/mol. The highest BCUT2D eigenvalue weighted by molar-refractivity contribution is 6.17. The molecule has 5 heteroatoms. The van der Waals surface area contributed by atoms with E-state index in [0.29, 0.717) is 12.5 Å². The van der Waals surface area contributed by atoms with Crippen LogP contribution >= 0.6 is 11.6 Å². The average Bonchev–Trinajstić information content (AvgIpc) is 2.37. The molecular formula is C13H25ClN2O2. The SMILES string of the molecule is CCOC(=O)N1CCN(CCC(C)CCCl)CC1. The van der Waals surface area contributed by atoms with E-state index in [9.17, 15) is 4.79 Å². The predicted molar refractivity (Wildman–Crippen MR) is 74.2 cm³/mol. The molecule has 1 aliphatic rings. The number of halogens is 1. The van der Waals surface area contributed by atoms with Crippen molar-refractivity contribution in [1.82, 2.24) is 9.80 Å². The highest BCUT2D eigenvalue weighted by Gasteiger charge is 2.21. The molecule has 1 saturated heterocycles. The molecule has 1 amide bonds. The van der Waals surface area contributed by atoms with Crippen LogP contribution in [0.25, 0.3) is 0 Å². The number of alkyl halides is 1. The summed E-state index contributed by atoms with van der Waals surface area (Å²) in [5.74, 6) is 1.43. The molecule has 0 bridgehead atoms. The lowest BCUT2D eigenvalue weighted by molar-refractivity contribution is 0.0782. The summed E-state index contributed by atoms with van der Waals surface area (Å²) in [7, 11) is 0. The van der Waals surface area contributed by atoms with Gasteiger partial charge in [-0.1, -0.05) is 6.92 Å². The minimum Gasteiger partial charge on any atom is -0.450 e. The van der Waals surface area contributed by atoms with E-state index in [-0.39, 0.29) is 6.09 Å². The van der Waals surface area contributed by atoms with Crippen molar-refractivity contribution >= 4 is 17.7 Å². The maximum absolute atomic E-state index is 11.5. The van der Waals surface area contributed by atoms with Gasteiger partial charge in [-0.2, -0.15) is 0 Å². The molecule has 1 unspecified atom stereocenters. The van der Waals surface area contributed by atoms with Gasteiger partial charge >= 0.3 is 6.09 Å². The fourth-order valence-electron chi connectivity index (χ4n) is 2.10. The second kappa shape index (κ2) is 8.59. The molecule has 1 aliphatic heterocycles. The van der Waals surface area contributed by atoms with Gasteiger partial charge in [0.2, 0.25) is 0 Å². The van der Waals surface area contributed by atoms with Crippen LogP contribution in [0, 0.1) is 5.92 Å². The van der Waals surface area contributed by atoms with Gasteiger partial charge in [0.05, 0.1) is 6.61 Å². The molecule has 1 rings (SSSR count). The third-order valence-corrected chi connectivity index (χ3v) is 3.66.